The Labute approximate surface area is 106 Å². The van der Waals surface area contributed by atoms with Crippen molar-refractivity contribution in [1.29, 1.82) is 0 Å². The van der Waals surface area contributed by atoms with E-state index in [1.807, 2.05) is 11.9 Å². The van der Waals surface area contributed by atoms with Gasteiger partial charge in [0.15, 0.2) is 11.5 Å². The molecule has 1 aromatic rings. The predicted octanol–water partition coefficient (Wildman–Crippen LogP) is 1.04. The van der Waals surface area contributed by atoms with E-state index in [2.05, 4.69) is 10.2 Å². The number of carboxylic acid groups (broad SMARTS) is 1. The molecule has 0 aliphatic carbocycles. The number of carboxylic acids is 1. The molecule has 18 heavy (non-hydrogen) atoms. The first kappa shape index (κ1) is 12.8. The fraction of sp³-hybridized carbons (Fsp3) is 0.583. The SMILES string of the molecule is CN(CC1CCCOC1)c1ccc(C(=O)O)nn1. The number of anilines is 1. The Morgan fingerprint density at radius 2 is 2.39 bits per heavy atom. The van der Waals surface area contributed by atoms with Crippen molar-refractivity contribution in [2.45, 2.75) is 12.8 Å². The molecule has 2 heterocycles. The minimum atomic E-state index is -1.06. The van der Waals surface area contributed by atoms with Gasteiger partial charge in [-0.15, -0.1) is 10.2 Å². The first-order chi connectivity index (χ1) is 8.66. The Bertz CT molecular complexity index is 402. The van der Waals surface area contributed by atoms with Gasteiger partial charge < -0.3 is 14.7 Å². The Balaban J connectivity index is 1.95. The van der Waals surface area contributed by atoms with Crippen LogP contribution in [0.25, 0.3) is 0 Å². The summed E-state index contributed by atoms with van der Waals surface area (Å²) in [6, 6.07) is 3.15. The normalized spacial score (nSPS) is 19.5. The van der Waals surface area contributed by atoms with Gasteiger partial charge in [0.2, 0.25) is 0 Å². The fourth-order valence-electron chi connectivity index (χ4n) is 2.08. The van der Waals surface area contributed by atoms with Crippen LogP contribution in [0, 0.1) is 5.92 Å². The third kappa shape index (κ3) is 3.16. The monoisotopic (exact) mass is 251 g/mol. The van der Waals surface area contributed by atoms with E-state index in [0.717, 1.165) is 32.6 Å². The quantitative estimate of drug-likeness (QED) is 0.861. The second kappa shape index (κ2) is 5.77. The molecule has 98 valence electrons. The van der Waals surface area contributed by atoms with Crippen molar-refractivity contribution in [1.82, 2.24) is 10.2 Å². The Kier molecular flexibility index (Phi) is 4.09. The van der Waals surface area contributed by atoms with Gasteiger partial charge in [-0.25, -0.2) is 4.79 Å². The molecule has 1 saturated heterocycles. The molecule has 0 spiro atoms. The molecule has 1 unspecified atom stereocenters. The van der Waals surface area contributed by atoms with Crippen molar-refractivity contribution in [3.8, 4) is 0 Å². The van der Waals surface area contributed by atoms with Crippen LogP contribution >= 0.6 is 0 Å². The van der Waals surface area contributed by atoms with E-state index in [1.165, 1.54) is 6.07 Å². The van der Waals surface area contributed by atoms with Crippen LogP contribution in [0.3, 0.4) is 0 Å². The van der Waals surface area contributed by atoms with Gasteiger partial charge >= 0.3 is 5.97 Å². The van der Waals surface area contributed by atoms with Crippen molar-refractivity contribution in [2.24, 2.45) is 5.92 Å². The van der Waals surface area contributed by atoms with Crippen molar-refractivity contribution < 1.29 is 14.6 Å². The first-order valence-corrected chi connectivity index (χ1v) is 6.02. The average Bonchev–Trinajstić information content (AvgIpc) is 2.40. The molecular weight excluding hydrogens is 234 g/mol. The molecule has 0 saturated carbocycles. The Morgan fingerprint density at radius 3 is 2.94 bits per heavy atom. The zero-order valence-corrected chi connectivity index (χ0v) is 10.4. The highest BCUT2D eigenvalue weighted by Gasteiger charge is 2.17. The molecule has 2 rings (SSSR count). The van der Waals surface area contributed by atoms with Gasteiger partial charge in [-0.05, 0) is 30.9 Å². The highest BCUT2D eigenvalue weighted by Crippen LogP contribution is 2.17. The molecule has 6 nitrogen and oxygen atoms in total. The average molecular weight is 251 g/mol. The summed E-state index contributed by atoms with van der Waals surface area (Å²) in [5, 5.41) is 16.3. The van der Waals surface area contributed by atoms with Crippen LogP contribution in [-0.2, 0) is 4.74 Å². The molecule has 1 aromatic heterocycles. The number of nitrogens with zero attached hydrogens (tertiary/aromatic N) is 3. The fourth-order valence-corrected chi connectivity index (χ4v) is 2.08. The van der Waals surface area contributed by atoms with Gasteiger partial charge in [-0.3, -0.25) is 0 Å². The topological polar surface area (TPSA) is 75.5 Å². The summed E-state index contributed by atoms with van der Waals surface area (Å²) < 4.78 is 5.43. The van der Waals surface area contributed by atoms with Crippen LogP contribution in [0.4, 0.5) is 5.82 Å². The van der Waals surface area contributed by atoms with Crippen molar-refractivity contribution in [2.75, 3.05) is 31.7 Å². The lowest BCUT2D eigenvalue weighted by Crippen LogP contribution is -2.31. The lowest BCUT2D eigenvalue weighted by molar-refractivity contribution is 0.0576. The maximum Gasteiger partial charge on any atom is 0.356 e. The zero-order valence-electron chi connectivity index (χ0n) is 10.4. The molecule has 0 amide bonds. The molecule has 1 aliphatic heterocycles. The van der Waals surface area contributed by atoms with Crippen LogP contribution in [0.2, 0.25) is 0 Å². The Morgan fingerprint density at radius 1 is 1.56 bits per heavy atom. The van der Waals surface area contributed by atoms with E-state index < -0.39 is 5.97 Å². The van der Waals surface area contributed by atoms with E-state index in [-0.39, 0.29) is 5.69 Å². The maximum atomic E-state index is 10.7. The number of rotatable bonds is 4. The van der Waals surface area contributed by atoms with Gasteiger partial charge in [0.1, 0.15) is 0 Å². The molecule has 0 bridgehead atoms. The van der Waals surface area contributed by atoms with E-state index in [1.54, 1.807) is 6.07 Å². The molecule has 1 N–H and O–H groups in total. The maximum absolute atomic E-state index is 10.7. The van der Waals surface area contributed by atoms with E-state index in [4.69, 9.17) is 9.84 Å². The van der Waals surface area contributed by atoms with Crippen LogP contribution in [0.5, 0.6) is 0 Å². The summed E-state index contributed by atoms with van der Waals surface area (Å²) >= 11 is 0. The van der Waals surface area contributed by atoms with Gasteiger partial charge in [-0.1, -0.05) is 0 Å². The van der Waals surface area contributed by atoms with E-state index >= 15 is 0 Å². The van der Waals surface area contributed by atoms with Crippen LogP contribution in [0.15, 0.2) is 12.1 Å². The number of carbonyl (C=O) groups is 1. The molecule has 0 aromatic carbocycles. The zero-order chi connectivity index (χ0) is 13.0. The first-order valence-electron chi connectivity index (χ1n) is 6.02. The third-order valence-corrected chi connectivity index (χ3v) is 3.05. The second-order valence-electron chi connectivity index (χ2n) is 4.55. The molecular formula is C12H17N3O3. The van der Waals surface area contributed by atoms with Gasteiger partial charge in [0.05, 0.1) is 6.61 Å². The van der Waals surface area contributed by atoms with Gasteiger partial charge in [0, 0.05) is 20.2 Å². The summed E-state index contributed by atoms with van der Waals surface area (Å²) in [5.41, 5.74) is -0.0341. The predicted molar refractivity (Wildman–Crippen MR) is 65.8 cm³/mol. The minimum Gasteiger partial charge on any atom is -0.476 e. The number of aromatic nitrogens is 2. The summed E-state index contributed by atoms with van der Waals surface area (Å²) in [7, 11) is 1.93. The molecule has 1 aliphatic rings. The lowest BCUT2D eigenvalue weighted by atomic mass is 10.0. The third-order valence-electron chi connectivity index (χ3n) is 3.05. The summed E-state index contributed by atoms with van der Waals surface area (Å²) in [5.74, 6) is 0.132. The highest BCUT2D eigenvalue weighted by molar-refractivity contribution is 5.85. The highest BCUT2D eigenvalue weighted by atomic mass is 16.5. The minimum absolute atomic E-state index is 0.0341. The van der Waals surface area contributed by atoms with Crippen molar-refractivity contribution >= 4 is 11.8 Å². The van der Waals surface area contributed by atoms with Crippen molar-refractivity contribution in [3.63, 3.8) is 0 Å². The van der Waals surface area contributed by atoms with E-state index in [0.29, 0.717) is 11.7 Å². The summed E-state index contributed by atoms with van der Waals surface area (Å²) in [6.45, 7) is 2.49. The van der Waals surface area contributed by atoms with Crippen molar-refractivity contribution in [3.05, 3.63) is 17.8 Å². The lowest BCUT2D eigenvalue weighted by Gasteiger charge is -2.27. The summed E-state index contributed by atoms with van der Waals surface area (Å²) in [4.78, 5) is 12.7. The standard InChI is InChI=1S/C12H17N3O3/c1-15(7-9-3-2-6-18-8-9)11-5-4-10(12(16)17)13-14-11/h4-5,9H,2-3,6-8H2,1H3,(H,16,17). The van der Waals surface area contributed by atoms with E-state index in [9.17, 15) is 4.79 Å². The Hall–Kier alpha value is -1.69. The largest absolute Gasteiger partial charge is 0.476 e. The number of aromatic carboxylic acids is 1. The number of hydrogen-bond donors (Lipinski definition) is 1. The van der Waals surface area contributed by atoms with Crippen LogP contribution < -0.4 is 4.90 Å². The molecule has 0 radical (unpaired) electrons. The molecule has 6 heteroatoms. The van der Waals surface area contributed by atoms with Crippen LogP contribution in [0.1, 0.15) is 23.3 Å². The molecule has 1 fully saturated rings. The second-order valence-corrected chi connectivity index (χ2v) is 4.55. The number of hydrogen-bond acceptors (Lipinski definition) is 5. The van der Waals surface area contributed by atoms with Gasteiger partial charge in [-0.2, -0.15) is 0 Å². The van der Waals surface area contributed by atoms with Crippen LogP contribution in [-0.4, -0.2) is 48.1 Å². The molecule has 1 atom stereocenters. The number of ether oxygens (including phenoxy) is 1. The summed E-state index contributed by atoms with van der Waals surface area (Å²) in [6.07, 6.45) is 2.26. The smallest absolute Gasteiger partial charge is 0.356 e. The van der Waals surface area contributed by atoms with Gasteiger partial charge in [0.25, 0.3) is 0 Å².